The van der Waals surface area contributed by atoms with Crippen LogP contribution in [0.15, 0.2) is 42.7 Å². The van der Waals surface area contributed by atoms with Crippen LogP contribution < -0.4 is 15.4 Å². The molecular weight excluding hydrogens is 406 g/mol. The maximum atomic E-state index is 12.7. The molecule has 0 saturated heterocycles. The van der Waals surface area contributed by atoms with Crippen LogP contribution >= 0.6 is 22.9 Å². The number of nitrogens with zero attached hydrogens (tertiary/aromatic N) is 1. The van der Waals surface area contributed by atoms with Crippen LogP contribution in [0.1, 0.15) is 41.8 Å². The summed E-state index contributed by atoms with van der Waals surface area (Å²) in [5.41, 5.74) is 3.16. The van der Waals surface area contributed by atoms with Gasteiger partial charge in [0.05, 0.1) is 18.8 Å². The smallest absolute Gasteiger partial charge is 0.319 e. The Labute approximate surface area is 179 Å². The summed E-state index contributed by atoms with van der Waals surface area (Å²) in [6.07, 6.45) is 8.73. The topological polar surface area (TPSA) is 55.3 Å². The van der Waals surface area contributed by atoms with Crippen LogP contribution in [-0.2, 0) is 12.8 Å². The lowest BCUT2D eigenvalue weighted by molar-refractivity contribution is 0.249. The highest BCUT2D eigenvalue weighted by Crippen LogP contribution is 2.40. The summed E-state index contributed by atoms with van der Waals surface area (Å²) in [4.78, 5) is 14.2. The largest absolute Gasteiger partial charge is 0.495 e. The predicted octanol–water partition coefficient (Wildman–Crippen LogP) is 5.96. The molecule has 1 aromatic carbocycles. The molecular formula is C22H24ClN3O2S. The zero-order valence-corrected chi connectivity index (χ0v) is 18.1. The van der Waals surface area contributed by atoms with Gasteiger partial charge in [-0.3, -0.25) is 0 Å². The van der Waals surface area contributed by atoms with Crippen molar-refractivity contribution in [2.24, 2.45) is 0 Å². The van der Waals surface area contributed by atoms with Crippen molar-refractivity contribution in [2.75, 3.05) is 12.4 Å². The number of thiophene rings is 1. The zero-order valence-electron chi connectivity index (χ0n) is 16.5. The number of hydrogen-bond donors (Lipinski definition) is 2. The number of halogens is 1. The minimum Gasteiger partial charge on any atom is -0.495 e. The Hall–Kier alpha value is -2.44. The van der Waals surface area contributed by atoms with Crippen LogP contribution in [0.4, 0.5) is 10.5 Å². The van der Waals surface area contributed by atoms with Gasteiger partial charge in [-0.15, -0.1) is 11.3 Å². The summed E-state index contributed by atoms with van der Waals surface area (Å²) in [7, 11) is 1.57. The van der Waals surface area contributed by atoms with Gasteiger partial charge in [0, 0.05) is 27.9 Å². The van der Waals surface area contributed by atoms with E-state index in [4.69, 9.17) is 16.3 Å². The Kier molecular flexibility index (Phi) is 5.83. The van der Waals surface area contributed by atoms with Gasteiger partial charge in [0.15, 0.2) is 0 Å². The number of fused-ring (bicyclic) bond motifs is 1. The molecule has 0 bridgehead atoms. The SMILES string of the molecule is COc1ccc(Cl)cc1NC(=O)N[C@@H](C)c1c(-n2cccc2)sc2c1CCCC2. The number of carbonyl (C=O) groups excluding carboxylic acids is 1. The maximum Gasteiger partial charge on any atom is 0.319 e. The first kappa shape index (κ1) is 19.9. The lowest BCUT2D eigenvalue weighted by atomic mass is 9.93. The second-order valence-electron chi connectivity index (χ2n) is 7.18. The molecule has 0 aliphatic heterocycles. The van der Waals surface area contributed by atoms with Gasteiger partial charge in [-0.05, 0) is 68.5 Å². The highest BCUT2D eigenvalue weighted by atomic mass is 35.5. The number of methoxy groups -OCH3 is 1. The van der Waals surface area contributed by atoms with Crippen molar-refractivity contribution in [3.05, 3.63) is 63.8 Å². The van der Waals surface area contributed by atoms with Crippen molar-refractivity contribution < 1.29 is 9.53 Å². The van der Waals surface area contributed by atoms with Gasteiger partial charge in [-0.25, -0.2) is 4.79 Å². The van der Waals surface area contributed by atoms with Crippen molar-refractivity contribution in [3.63, 3.8) is 0 Å². The minimum absolute atomic E-state index is 0.129. The summed E-state index contributed by atoms with van der Waals surface area (Å²) in [5, 5.41) is 7.69. The normalized spacial score (nSPS) is 14.2. The summed E-state index contributed by atoms with van der Waals surface area (Å²) >= 11 is 7.91. The molecule has 2 aromatic heterocycles. The first-order chi connectivity index (χ1) is 14.1. The number of aryl methyl sites for hydroxylation is 1. The zero-order chi connectivity index (χ0) is 20.4. The quantitative estimate of drug-likeness (QED) is 0.525. The van der Waals surface area contributed by atoms with Crippen molar-refractivity contribution in [1.29, 1.82) is 0 Å². The van der Waals surface area contributed by atoms with Gasteiger partial charge >= 0.3 is 6.03 Å². The van der Waals surface area contributed by atoms with E-state index < -0.39 is 0 Å². The molecule has 0 unspecified atom stereocenters. The number of benzene rings is 1. The van der Waals surface area contributed by atoms with Crippen LogP contribution in [0, 0.1) is 0 Å². The van der Waals surface area contributed by atoms with Crippen LogP contribution in [0.2, 0.25) is 5.02 Å². The highest BCUT2D eigenvalue weighted by Gasteiger charge is 2.26. The summed E-state index contributed by atoms with van der Waals surface area (Å²) in [5.74, 6) is 0.568. The first-order valence-corrected chi connectivity index (χ1v) is 10.9. The van der Waals surface area contributed by atoms with Gasteiger partial charge in [-0.2, -0.15) is 0 Å². The average molecular weight is 430 g/mol. The third-order valence-corrected chi connectivity index (χ3v) is 6.78. The van der Waals surface area contributed by atoms with Crippen molar-refractivity contribution in [3.8, 4) is 10.8 Å². The fraction of sp³-hybridized carbons (Fsp3) is 0.318. The number of urea groups is 1. The highest BCUT2D eigenvalue weighted by molar-refractivity contribution is 7.15. The molecule has 4 rings (SSSR count). The lowest BCUT2D eigenvalue weighted by Gasteiger charge is -2.20. The number of ether oxygens (including phenoxy) is 1. The second-order valence-corrected chi connectivity index (χ2v) is 8.70. The van der Waals surface area contributed by atoms with Gasteiger partial charge in [-0.1, -0.05) is 11.6 Å². The van der Waals surface area contributed by atoms with E-state index in [1.165, 1.54) is 33.8 Å². The Morgan fingerprint density at radius 1 is 1.24 bits per heavy atom. The van der Waals surface area contributed by atoms with E-state index in [-0.39, 0.29) is 12.1 Å². The molecule has 2 N–H and O–H groups in total. The van der Waals surface area contributed by atoms with Gasteiger partial charge in [0.1, 0.15) is 10.8 Å². The lowest BCUT2D eigenvalue weighted by Crippen LogP contribution is -2.32. The predicted molar refractivity (Wildman–Crippen MR) is 119 cm³/mol. The van der Waals surface area contributed by atoms with Gasteiger partial charge < -0.3 is 19.9 Å². The van der Waals surface area contributed by atoms with Crippen molar-refractivity contribution >= 4 is 34.7 Å². The summed E-state index contributed by atoms with van der Waals surface area (Å²) in [6, 6.07) is 8.79. The molecule has 1 aliphatic carbocycles. The molecule has 2 amide bonds. The van der Waals surface area contributed by atoms with Crippen LogP contribution in [0.5, 0.6) is 5.75 Å². The maximum absolute atomic E-state index is 12.7. The second kappa shape index (κ2) is 8.51. The molecule has 2 heterocycles. The van der Waals surface area contributed by atoms with Gasteiger partial charge in [0.2, 0.25) is 0 Å². The van der Waals surface area contributed by atoms with Crippen molar-refractivity contribution in [2.45, 2.75) is 38.6 Å². The number of rotatable bonds is 5. The molecule has 29 heavy (non-hydrogen) atoms. The first-order valence-electron chi connectivity index (χ1n) is 9.75. The Morgan fingerprint density at radius 2 is 2.00 bits per heavy atom. The number of hydrogen-bond acceptors (Lipinski definition) is 3. The summed E-state index contributed by atoms with van der Waals surface area (Å²) in [6.45, 7) is 2.04. The third-order valence-electron chi connectivity index (χ3n) is 5.22. The number of aromatic nitrogens is 1. The van der Waals surface area contributed by atoms with E-state index in [0.717, 1.165) is 12.8 Å². The fourth-order valence-electron chi connectivity index (χ4n) is 3.89. The molecule has 1 aliphatic rings. The molecule has 3 aromatic rings. The molecule has 7 heteroatoms. The van der Waals surface area contributed by atoms with Gasteiger partial charge in [0.25, 0.3) is 0 Å². The molecule has 0 radical (unpaired) electrons. The average Bonchev–Trinajstić information content (AvgIpc) is 3.35. The number of anilines is 1. The van der Waals surface area contributed by atoms with E-state index in [1.54, 1.807) is 25.3 Å². The third kappa shape index (κ3) is 4.14. The Bertz CT molecular complexity index is 1010. The van der Waals surface area contributed by atoms with Crippen molar-refractivity contribution in [1.82, 2.24) is 9.88 Å². The Balaban J connectivity index is 1.59. The fourth-order valence-corrected chi connectivity index (χ4v) is 5.51. The van der Waals surface area contributed by atoms with E-state index in [1.807, 2.05) is 30.4 Å². The van der Waals surface area contributed by atoms with E-state index >= 15 is 0 Å². The molecule has 0 saturated carbocycles. The van der Waals surface area contributed by atoms with E-state index in [2.05, 4.69) is 27.6 Å². The molecule has 0 spiro atoms. The summed E-state index contributed by atoms with van der Waals surface area (Å²) < 4.78 is 7.47. The van der Waals surface area contributed by atoms with Crippen LogP contribution in [-0.4, -0.2) is 17.7 Å². The number of amides is 2. The molecule has 0 fully saturated rings. The monoisotopic (exact) mass is 429 g/mol. The molecule has 152 valence electrons. The molecule has 5 nitrogen and oxygen atoms in total. The minimum atomic E-state index is -0.285. The van der Waals surface area contributed by atoms with E-state index in [0.29, 0.717) is 16.5 Å². The van der Waals surface area contributed by atoms with E-state index in [9.17, 15) is 4.79 Å². The van der Waals surface area contributed by atoms with Crippen LogP contribution in [0.25, 0.3) is 5.00 Å². The number of carbonyl (C=O) groups is 1. The number of nitrogens with one attached hydrogen (secondary N) is 2. The molecule has 1 atom stereocenters. The van der Waals surface area contributed by atoms with Crippen LogP contribution in [0.3, 0.4) is 0 Å². The standard InChI is InChI=1S/C22H24ClN3O2S/c1-14(24-22(27)25-17-13-15(23)9-10-18(17)28-2)20-16-7-3-4-8-19(16)29-21(20)26-11-5-6-12-26/h5-6,9-14H,3-4,7-8H2,1-2H3,(H2,24,25,27)/t14-/m0/s1. The Morgan fingerprint density at radius 3 is 2.76 bits per heavy atom.